The van der Waals surface area contributed by atoms with Gasteiger partial charge >= 0.3 is 0 Å². The minimum Gasteiger partial charge on any atom is -0.497 e. The van der Waals surface area contributed by atoms with Crippen LogP contribution in [0.2, 0.25) is 0 Å². The minimum atomic E-state index is -0.0163. The molecular weight excluding hydrogens is 324 g/mol. The summed E-state index contributed by atoms with van der Waals surface area (Å²) in [6.07, 6.45) is 2.46. The lowest BCUT2D eigenvalue weighted by Gasteiger charge is -2.29. The Balaban J connectivity index is 1.80. The quantitative estimate of drug-likeness (QED) is 0.831. The Kier molecular flexibility index (Phi) is 4.27. The Morgan fingerprint density at radius 3 is 2.69 bits per heavy atom. The van der Waals surface area contributed by atoms with Crippen LogP contribution in [0.5, 0.6) is 5.75 Å². The molecule has 134 valence electrons. The Morgan fingerprint density at radius 1 is 1.23 bits per heavy atom. The van der Waals surface area contributed by atoms with E-state index in [1.807, 2.05) is 13.0 Å². The highest BCUT2D eigenvalue weighted by molar-refractivity contribution is 6.07. The van der Waals surface area contributed by atoms with Crippen molar-refractivity contribution in [2.45, 2.75) is 39.2 Å². The van der Waals surface area contributed by atoms with E-state index in [9.17, 15) is 4.79 Å². The predicted molar refractivity (Wildman–Crippen MR) is 102 cm³/mol. The molecule has 0 fully saturated rings. The zero-order valence-electron chi connectivity index (χ0n) is 15.5. The van der Waals surface area contributed by atoms with E-state index in [4.69, 9.17) is 9.84 Å². The van der Waals surface area contributed by atoms with Crippen LogP contribution in [-0.2, 0) is 11.2 Å². The fourth-order valence-electron chi connectivity index (χ4n) is 4.08. The van der Waals surface area contributed by atoms with Gasteiger partial charge in [-0.25, -0.2) is 5.01 Å². The summed E-state index contributed by atoms with van der Waals surface area (Å²) in [7, 11) is 1.68. The number of benzene rings is 2. The smallest absolute Gasteiger partial charge is 0.242 e. The highest BCUT2D eigenvalue weighted by Crippen LogP contribution is 2.44. The van der Waals surface area contributed by atoms with Gasteiger partial charge in [-0.2, -0.15) is 5.10 Å². The molecular formula is C22H24N2O2. The van der Waals surface area contributed by atoms with Gasteiger partial charge in [-0.3, -0.25) is 4.79 Å². The van der Waals surface area contributed by atoms with Crippen LogP contribution in [0.4, 0.5) is 0 Å². The molecule has 4 heteroatoms. The van der Waals surface area contributed by atoms with Gasteiger partial charge in [0.2, 0.25) is 5.91 Å². The van der Waals surface area contributed by atoms with Crippen molar-refractivity contribution in [1.29, 1.82) is 0 Å². The first-order valence-corrected chi connectivity index (χ1v) is 9.26. The third-order valence-electron chi connectivity index (χ3n) is 5.51. The van der Waals surface area contributed by atoms with Gasteiger partial charge in [0.25, 0.3) is 0 Å². The Labute approximate surface area is 154 Å². The molecule has 1 amide bonds. The van der Waals surface area contributed by atoms with E-state index in [-0.39, 0.29) is 17.9 Å². The summed E-state index contributed by atoms with van der Waals surface area (Å²) >= 11 is 0. The number of ether oxygens (including phenoxy) is 1. The molecule has 2 aromatic carbocycles. The van der Waals surface area contributed by atoms with Gasteiger partial charge in [0.05, 0.1) is 18.9 Å². The van der Waals surface area contributed by atoms with E-state index < -0.39 is 0 Å². The standard InChI is InChI=1S/C22H24N2O2/c1-4-20(25)24-22(16-7-5-14(2)6-8-16)18-12-10-15-9-11-17(26-3)13-19(15)21(18)23-24/h5-9,11,13,18,22H,4,10,12H2,1-3H3/t18-,22+/m1/s1. The van der Waals surface area contributed by atoms with E-state index in [1.54, 1.807) is 12.1 Å². The van der Waals surface area contributed by atoms with Crippen molar-refractivity contribution in [3.05, 3.63) is 64.7 Å². The van der Waals surface area contributed by atoms with Crippen molar-refractivity contribution in [2.75, 3.05) is 7.11 Å². The van der Waals surface area contributed by atoms with Gasteiger partial charge < -0.3 is 4.74 Å². The minimum absolute atomic E-state index is 0.0163. The molecule has 1 aliphatic carbocycles. The fraction of sp³-hybridized carbons (Fsp3) is 0.364. The zero-order chi connectivity index (χ0) is 18.3. The lowest BCUT2D eigenvalue weighted by atomic mass is 9.77. The van der Waals surface area contributed by atoms with Crippen molar-refractivity contribution in [3.63, 3.8) is 0 Å². The largest absolute Gasteiger partial charge is 0.497 e. The molecule has 2 aliphatic rings. The molecule has 26 heavy (non-hydrogen) atoms. The van der Waals surface area contributed by atoms with E-state index in [1.165, 1.54) is 11.1 Å². The number of fused-ring (bicyclic) bond motifs is 3. The molecule has 0 unspecified atom stereocenters. The van der Waals surface area contributed by atoms with E-state index in [0.717, 1.165) is 35.4 Å². The topological polar surface area (TPSA) is 41.9 Å². The second-order valence-corrected chi connectivity index (χ2v) is 7.10. The van der Waals surface area contributed by atoms with Crippen LogP contribution >= 0.6 is 0 Å². The first kappa shape index (κ1) is 16.8. The maximum Gasteiger partial charge on any atom is 0.242 e. The van der Waals surface area contributed by atoms with E-state index in [2.05, 4.69) is 43.3 Å². The Hall–Kier alpha value is -2.62. The number of nitrogens with zero attached hydrogens (tertiary/aromatic N) is 2. The van der Waals surface area contributed by atoms with Gasteiger partial charge in [0, 0.05) is 17.9 Å². The molecule has 1 aliphatic heterocycles. The van der Waals surface area contributed by atoms with Crippen LogP contribution in [0.3, 0.4) is 0 Å². The van der Waals surface area contributed by atoms with Crippen molar-refractivity contribution < 1.29 is 9.53 Å². The lowest BCUT2D eigenvalue weighted by molar-refractivity contribution is -0.133. The van der Waals surface area contributed by atoms with Crippen molar-refractivity contribution in [2.24, 2.45) is 11.0 Å². The van der Waals surface area contributed by atoms with Crippen LogP contribution in [0, 0.1) is 12.8 Å². The maximum atomic E-state index is 12.6. The van der Waals surface area contributed by atoms with Gasteiger partial charge in [0.15, 0.2) is 0 Å². The molecule has 0 saturated heterocycles. The normalized spacial score (nSPS) is 21.0. The van der Waals surface area contributed by atoms with Gasteiger partial charge in [-0.05, 0) is 43.0 Å². The summed E-state index contributed by atoms with van der Waals surface area (Å²) in [6, 6.07) is 14.7. The highest BCUT2D eigenvalue weighted by Gasteiger charge is 2.43. The van der Waals surface area contributed by atoms with Crippen LogP contribution in [0.1, 0.15) is 48.1 Å². The number of amides is 1. The van der Waals surface area contributed by atoms with Crippen molar-refractivity contribution in [1.82, 2.24) is 5.01 Å². The Morgan fingerprint density at radius 2 is 2.00 bits per heavy atom. The highest BCUT2D eigenvalue weighted by atomic mass is 16.5. The third kappa shape index (κ3) is 2.70. The van der Waals surface area contributed by atoms with E-state index >= 15 is 0 Å². The number of rotatable bonds is 3. The molecule has 4 nitrogen and oxygen atoms in total. The average molecular weight is 348 g/mol. The average Bonchev–Trinajstić information content (AvgIpc) is 3.07. The number of methoxy groups -OCH3 is 1. The Bertz CT molecular complexity index is 870. The van der Waals surface area contributed by atoms with Crippen molar-refractivity contribution in [3.8, 4) is 5.75 Å². The molecule has 4 rings (SSSR count). The summed E-state index contributed by atoms with van der Waals surface area (Å²) in [4.78, 5) is 12.6. The van der Waals surface area contributed by atoms with Crippen LogP contribution in [0.25, 0.3) is 0 Å². The molecule has 0 saturated carbocycles. The third-order valence-corrected chi connectivity index (χ3v) is 5.51. The number of carbonyl (C=O) groups excluding carboxylic acids is 1. The van der Waals surface area contributed by atoms with Gasteiger partial charge in [-0.1, -0.05) is 42.8 Å². The summed E-state index contributed by atoms with van der Waals surface area (Å²) in [5.74, 6) is 1.13. The second-order valence-electron chi connectivity index (χ2n) is 7.10. The van der Waals surface area contributed by atoms with Crippen LogP contribution < -0.4 is 4.74 Å². The number of hydrazone groups is 1. The molecule has 0 N–H and O–H groups in total. The lowest BCUT2D eigenvalue weighted by Crippen LogP contribution is -2.31. The second kappa shape index (κ2) is 6.60. The number of hydrogen-bond acceptors (Lipinski definition) is 3. The monoisotopic (exact) mass is 348 g/mol. The molecule has 0 bridgehead atoms. The summed E-state index contributed by atoms with van der Waals surface area (Å²) in [5.41, 5.74) is 5.82. The number of hydrogen-bond donors (Lipinski definition) is 0. The number of carbonyl (C=O) groups is 1. The summed E-state index contributed by atoms with van der Waals surface area (Å²) in [5, 5.41) is 6.54. The van der Waals surface area contributed by atoms with Gasteiger partial charge in [0.1, 0.15) is 5.75 Å². The number of aryl methyl sites for hydroxylation is 2. The SMILES string of the molecule is CCC(=O)N1N=C2c3cc(OC)ccc3CC[C@H]2[C@@H]1c1ccc(C)cc1. The molecule has 1 heterocycles. The summed E-state index contributed by atoms with van der Waals surface area (Å²) < 4.78 is 5.41. The molecule has 2 atom stereocenters. The summed E-state index contributed by atoms with van der Waals surface area (Å²) in [6.45, 7) is 3.98. The van der Waals surface area contributed by atoms with Gasteiger partial charge in [-0.15, -0.1) is 0 Å². The maximum absolute atomic E-state index is 12.6. The van der Waals surface area contributed by atoms with Crippen molar-refractivity contribution >= 4 is 11.6 Å². The molecule has 0 aromatic heterocycles. The molecule has 0 radical (unpaired) electrons. The molecule has 2 aromatic rings. The molecule has 0 spiro atoms. The first-order valence-electron chi connectivity index (χ1n) is 9.26. The zero-order valence-corrected chi connectivity index (χ0v) is 15.5. The van der Waals surface area contributed by atoms with Crippen LogP contribution in [0.15, 0.2) is 47.6 Å². The first-order chi connectivity index (χ1) is 12.6. The van der Waals surface area contributed by atoms with Crippen LogP contribution in [-0.4, -0.2) is 23.7 Å². The fourth-order valence-corrected chi connectivity index (χ4v) is 4.08. The van der Waals surface area contributed by atoms with E-state index in [0.29, 0.717) is 6.42 Å². The predicted octanol–water partition coefficient (Wildman–Crippen LogP) is 4.26.